The average molecular weight is 450 g/mol. The number of carboxylic acids is 1. The number of carboxylic acid groups (broad SMARTS) is 1. The number of benzene rings is 1. The summed E-state index contributed by atoms with van der Waals surface area (Å²) in [6.07, 6.45) is 12.5. The number of thioether (sulfide) groups is 1. The van der Waals surface area contributed by atoms with Gasteiger partial charge in [-0.15, -0.1) is 0 Å². The van der Waals surface area contributed by atoms with E-state index in [4.69, 9.17) is 22.1 Å². The summed E-state index contributed by atoms with van der Waals surface area (Å²) in [5, 5.41) is 8.86. The lowest BCUT2D eigenvalue weighted by atomic mass is 9.91. The Morgan fingerprint density at radius 3 is 2.97 bits per heavy atom. The van der Waals surface area contributed by atoms with Crippen LogP contribution in [0, 0.1) is 0 Å². The van der Waals surface area contributed by atoms with Crippen LogP contribution in [0.4, 0.5) is 0 Å². The summed E-state index contributed by atoms with van der Waals surface area (Å²) in [5.41, 5.74) is 4.26. The highest BCUT2D eigenvalue weighted by Gasteiger charge is 2.38. The average Bonchev–Trinajstić information content (AvgIpc) is 3.21. The first kappa shape index (κ1) is 20.0. The standard InChI is InChI=1S/C24H19NO4S2/c26-21(27)10-5-11-25-23(28)20(31-24(25)30)13-18-16-8-3-2-7-15(16)17-12-14-6-1-4-9-19(14)29-22(17)18/h1-4,6-9,12-13,17,19H,5,10-11H2,(H,26,27)/b20-13-. The highest BCUT2D eigenvalue weighted by atomic mass is 32.2. The number of nitrogens with zero attached hydrogens (tertiary/aromatic N) is 1. The van der Waals surface area contributed by atoms with E-state index in [1.165, 1.54) is 16.7 Å². The Morgan fingerprint density at radius 2 is 2.13 bits per heavy atom. The molecule has 2 aliphatic carbocycles. The molecule has 0 radical (unpaired) electrons. The predicted molar refractivity (Wildman–Crippen MR) is 124 cm³/mol. The van der Waals surface area contributed by atoms with Crippen LogP contribution in [0.2, 0.25) is 0 Å². The topological polar surface area (TPSA) is 66.8 Å². The van der Waals surface area contributed by atoms with Gasteiger partial charge in [-0.2, -0.15) is 0 Å². The highest BCUT2D eigenvalue weighted by molar-refractivity contribution is 8.26. The molecule has 0 spiro atoms. The number of carbonyl (C=O) groups is 2. The van der Waals surface area contributed by atoms with Crippen LogP contribution in [0.15, 0.2) is 77.0 Å². The molecule has 2 aliphatic heterocycles. The van der Waals surface area contributed by atoms with E-state index in [9.17, 15) is 9.59 Å². The molecule has 1 saturated heterocycles. The zero-order valence-electron chi connectivity index (χ0n) is 16.5. The first-order chi connectivity index (χ1) is 15.0. The Balaban J connectivity index is 1.50. The van der Waals surface area contributed by atoms with Gasteiger partial charge >= 0.3 is 5.97 Å². The van der Waals surface area contributed by atoms with Crippen molar-refractivity contribution >= 4 is 45.7 Å². The van der Waals surface area contributed by atoms with Gasteiger partial charge in [-0.1, -0.05) is 72.5 Å². The minimum atomic E-state index is -0.880. The van der Waals surface area contributed by atoms with Crippen LogP contribution in [0.3, 0.4) is 0 Å². The largest absolute Gasteiger partial charge is 0.484 e. The Labute approximate surface area is 189 Å². The molecule has 1 amide bonds. The smallest absolute Gasteiger partial charge is 0.303 e. The number of thiocarbonyl (C=S) groups is 1. The van der Waals surface area contributed by atoms with E-state index in [1.54, 1.807) is 0 Å². The van der Waals surface area contributed by atoms with Gasteiger partial charge in [0, 0.05) is 18.5 Å². The molecule has 4 aliphatic rings. The predicted octanol–water partition coefficient (Wildman–Crippen LogP) is 4.56. The fraction of sp³-hybridized carbons (Fsp3) is 0.208. The van der Waals surface area contributed by atoms with Gasteiger partial charge in [0.1, 0.15) is 16.2 Å². The summed E-state index contributed by atoms with van der Waals surface area (Å²) in [6, 6.07) is 8.16. The second-order valence-electron chi connectivity index (χ2n) is 7.62. The van der Waals surface area contributed by atoms with Gasteiger partial charge in [0.2, 0.25) is 0 Å². The minimum Gasteiger partial charge on any atom is -0.484 e. The number of carbonyl (C=O) groups excluding carboxylic acids is 1. The van der Waals surface area contributed by atoms with E-state index in [1.807, 2.05) is 36.4 Å². The van der Waals surface area contributed by atoms with Crippen LogP contribution >= 0.6 is 24.0 Å². The lowest BCUT2D eigenvalue weighted by Crippen LogP contribution is -2.29. The van der Waals surface area contributed by atoms with Crippen molar-refractivity contribution in [2.45, 2.75) is 24.9 Å². The zero-order valence-corrected chi connectivity index (χ0v) is 18.1. The lowest BCUT2D eigenvalue weighted by Gasteiger charge is -2.29. The van der Waals surface area contributed by atoms with Crippen LogP contribution in [0.5, 0.6) is 0 Å². The fourth-order valence-corrected chi connectivity index (χ4v) is 5.53. The maximum Gasteiger partial charge on any atom is 0.303 e. The number of ether oxygens (including phenoxy) is 1. The SMILES string of the molecule is O=C(O)CCCN1C(=O)/C(=C/C2=C3OC4C=CC=CC4=CC3c3ccccc32)SC1=S. The Bertz CT molecular complexity index is 1160. The van der Waals surface area contributed by atoms with Gasteiger partial charge in [0.05, 0.1) is 10.8 Å². The zero-order chi connectivity index (χ0) is 21.5. The number of fused-ring (bicyclic) bond motifs is 4. The maximum atomic E-state index is 13.0. The van der Waals surface area contributed by atoms with E-state index in [0.717, 1.165) is 28.0 Å². The molecule has 156 valence electrons. The van der Waals surface area contributed by atoms with Crippen LogP contribution in [-0.4, -0.2) is 38.9 Å². The molecule has 5 rings (SSSR count). The number of allylic oxidation sites excluding steroid dienone is 5. The van der Waals surface area contributed by atoms with Gasteiger partial charge in [-0.3, -0.25) is 14.5 Å². The molecule has 1 aromatic carbocycles. The summed E-state index contributed by atoms with van der Waals surface area (Å²) in [4.78, 5) is 25.8. The van der Waals surface area contributed by atoms with Crippen molar-refractivity contribution in [2.75, 3.05) is 6.54 Å². The van der Waals surface area contributed by atoms with Crippen molar-refractivity contribution in [2.24, 2.45) is 0 Å². The van der Waals surface area contributed by atoms with Gasteiger partial charge < -0.3 is 9.84 Å². The minimum absolute atomic E-state index is 0.00627. The molecule has 1 N–H and O–H groups in total. The molecule has 2 unspecified atom stereocenters. The van der Waals surface area contributed by atoms with Crippen molar-refractivity contribution in [1.29, 1.82) is 0 Å². The van der Waals surface area contributed by atoms with Crippen LogP contribution in [-0.2, 0) is 14.3 Å². The summed E-state index contributed by atoms with van der Waals surface area (Å²) in [7, 11) is 0. The van der Waals surface area contributed by atoms with E-state index in [0.29, 0.717) is 22.2 Å². The molecule has 7 heteroatoms. The van der Waals surface area contributed by atoms with Crippen LogP contribution in [0.25, 0.3) is 5.57 Å². The number of amides is 1. The first-order valence-corrected chi connectivity index (χ1v) is 11.3. The number of rotatable bonds is 5. The lowest BCUT2D eigenvalue weighted by molar-refractivity contribution is -0.137. The van der Waals surface area contributed by atoms with E-state index < -0.39 is 5.97 Å². The van der Waals surface area contributed by atoms with Crippen LogP contribution in [0.1, 0.15) is 29.9 Å². The van der Waals surface area contributed by atoms with Gasteiger partial charge in [-0.25, -0.2) is 0 Å². The first-order valence-electron chi connectivity index (χ1n) is 10.1. The molecule has 31 heavy (non-hydrogen) atoms. The molecule has 1 aromatic rings. The van der Waals surface area contributed by atoms with Crippen molar-refractivity contribution < 1.29 is 19.4 Å². The fourth-order valence-electron chi connectivity index (χ4n) is 4.24. The van der Waals surface area contributed by atoms with E-state index in [2.05, 4.69) is 24.3 Å². The molecule has 5 nitrogen and oxygen atoms in total. The Kier molecular flexibility index (Phi) is 5.16. The monoisotopic (exact) mass is 449 g/mol. The normalized spacial score (nSPS) is 24.8. The van der Waals surface area contributed by atoms with Crippen molar-refractivity contribution in [3.8, 4) is 0 Å². The number of aliphatic carboxylic acids is 1. The van der Waals surface area contributed by atoms with Crippen molar-refractivity contribution in [3.05, 3.63) is 88.1 Å². The van der Waals surface area contributed by atoms with Gasteiger partial charge in [0.25, 0.3) is 5.91 Å². The molecular formula is C24H19NO4S2. The second-order valence-corrected chi connectivity index (χ2v) is 9.30. The van der Waals surface area contributed by atoms with Crippen molar-refractivity contribution in [1.82, 2.24) is 4.90 Å². The second kappa shape index (κ2) is 7.98. The molecular weight excluding hydrogens is 430 g/mol. The maximum absolute atomic E-state index is 13.0. The summed E-state index contributed by atoms with van der Waals surface area (Å²) < 4.78 is 6.86. The quantitative estimate of drug-likeness (QED) is 0.525. The highest BCUT2D eigenvalue weighted by Crippen LogP contribution is 2.49. The third kappa shape index (κ3) is 3.58. The van der Waals surface area contributed by atoms with Gasteiger partial charge in [0.15, 0.2) is 0 Å². The molecule has 2 heterocycles. The third-order valence-corrected chi connectivity index (χ3v) is 7.06. The summed E-state index contributed by atoms with van der Waals surface area (Å²) in [5.74, 6) is -0.186. The summed E-state index contributed by atoms with van der Waals surface area (Å²) in [6.45, 7) is 0.307. The van der Waals surface area contributed by atoms with Crippen molar-refractivity contribution in [3.63, 3.8) is 0 Å². The van der Waals surface area contributed by atoms with Crippen LogP contribution < -0.4 is 0 Å². The molecule has 0 saturated carbocycles. The Hall–Kier alpha value is -2.90. The number of hydrogen-bond acceptors (Lipinski definition) is 5. The van der Waals surface area contributed by atoms with E-state index in [-0.39, 0.29) is 24.3 Å². The molecule has 2 atom stereocenters. The molecule has 0 bridgehead atoms. The summed E-state index contributed by atoms with van der Waals surface area (Å²) >= 11 is 6.65. The molecule has 0 aromatic heterocycles. The molecule has 1 fully saturated rings. The number of hydrogen-bond donors (Lipinski definition) is 1. The van der Waals surface area contributed by atoms with Gasteiger partial charge in [-0.05, 0) is 35.3 Å². The Morgan fingerprint density at radius 1 is 1.29 bits per heavy atom. The van der Waals surface area contributed by atoms with E-state index >= 15 is 0 Å². The third-order valence-electron chi connectivity index (χ3n) is 5.68.